The zero-order chi connectivity index (χ0) is 10.3. The van der Waals surface area contributed by atoms with Crippen LogP contribution in [0, 0.1) is 11.8 Å². The van der Waals surface area contributed by atoms with Crippen molar-refractivity contribution in [2.45, 2.75) is 19.4 Å². The van der Waals surface area contributed by atoms with Crippen molar-refractivity contribution < 1.29 is 8.42 Å². The normalized spacial score (nSPS) is 38.0. The minimum absolute atomic E-state index is 0.225. The van der Waals surface area contributed by atoms with E-state index in [0.29, 0.717) is 31.5 Å². The first-order valence-electron chi connectivity index (χ1n) is 5.05. The Hall–Kier alpha value is -0.170. The second kappa shape index (κ2) is 3.44. The van der Waals surface area contributed by atoms with Crippen LogP contribution in [0.2, 0.25) is 0 Å². The summed E-state index contributed by atoms with van der Waals surface area (Å²) in [6.45, 7) is 3.41. The number of nitrogens with zero attached hydrogens (tertiary/aromatic N) is 1. The topological polar surface area (TPSA) is 75.4 Å². The summed E-state index contributed by atoms with van der Waals surface area (Å²) in [5, 5.41) is 0. The Labute approximate surface area is 84.8 Å². The van der Waals surface area contributed by atoms with Crippen LogP contribution in [0.5, 0.6) is 0 Å². The second-order valence-electron chi connectivity index (χ2n) is 4.15. The second-order valence-corrected chi connectivity index (χ2v) is 5.91. The lowest BCUT2D eigenvalue weighted by atomic mass is 9.67. The summed E-state index contributed by atoms with van der Waals surface area (Å²) >= 11 is 0. The van der Waals surface area contributed by atoms with Gasteiger partial charge < -0.3 is 5.73 Å². The molecule has 5 nitrogen and oxygen atoms in total. The van der Waals surface area contributed by atoms with Crippen molar-refractivity contribution in [3.8, 4) is 0 Å². The van der Waals surface area contributed by atoms with Gasteiger partial charge in [0.15, 0.2) is 0 Å². The van der Waals surface area contributed by atoms with Crippen LogP contribution in [-0.2, 0) is 10.2 Å². The quantitative estimate of drug-likeness (QED) is 0.647. The highest BCUT2D eigenvalue weighted by molar-refractivity contribution is 7.87. The molecular weight excluding hydrogens is 202 g/mol. The van der Waals surface area contributed by atoms with Crippen LogP contribution in [-0.4, -0.2) is 38.4 Å². The third-order valence-corrected chi connectivity index (χ3v) is 4.87. The average molecular weight is 219 g/mol. The van der Waals surface area contributed by atoms with Gasteiger partial charge in [-0.3, -0.25) is 0 Å². The molecule has 3 aliphatic rings. The molecule has 2 aliphatic heterocycles. The lowest BCUT2D eigenvalue weighted by Crippen LogP contribution is -2.64. The van der Waals surface area contributed by atoms with Crippen LogP contribution in [0.25, 0.3) is 0 Å². The molecule has 2 atom stereocenters. The van der Waals surface area contributed by atoms with Gasteiger partial charge in [0, 0.05) is 25.7 Å². The number of piperidine rings is 2. The van der Waals surface area contributed by atoms with E-state index in [0.717, 1.165) is 6.42 Å². The van der Waals surface area contributed by atoms with Gasteiger partial charge in [-0.1, -0.05) is 6.92 Å². The number of nitrogens with one attached hydrogen (secondary N) is 1. The molecule has 1 aliphatic carbocycles. The molecule has 0 aromatic heterocycles. The Balaban J connectivity index is 2.02. The monoisotopic (exact) mass is 219 g/mol. The van der Waals surface area contributed by atoms with E-state index in [2.05, 4.69) is 4.72 Å². The summed E-state index contributed by atoms with van der Waals surface area (Å²) in [6.07, 6.45) is 1.10. The molecule has 0 spiro atoms. The number of rotatable bonds is 3. The minimum Gasteiger partial charge on any atom is -0.327 e. The van der Waals surface area contributed by atoms with Gasteiger partial charge in [0.2, 0.25) is 0 Å². The molecule has 3 fully saturated rings. The molecule has 0 amide bonds. The Bertz CT molecular complexity index is 305. The van der Waals surface area contributed by atoms with E-state index in [4.69, 9.17) is 5.73 Å². The predicted molar refractivity (Wildman–Crippen MR) is 53.7 cm³/mol. The van der Waals surface area contributed by atoms with Crippen molar-refractivity contribution in [2.24, 2.45) is 17.6 Å². The fourth-order valence-electron chi connectivity index (χ4n) is 2.35. The molecular formula is C8H17N3O2S. The van der Waals surface area contributed by atoms with Crippen molar-refractivity contribution in [1.82, 2.24) is 9.03 Å². The number of hydrogen-bond acceptors (Lipinski definition) is 3. The maximum atomic E-state index is 11.6. The van der Waals surface area contributed by atoms with Gasteiger partial charge in [0.1, 0.15) is 0 Å². The SMILES string of the molecule is CCNS(=O)(=O)N1CC2CC(C1)C2N. The molecule has 2 unspecified atom stereocenters. The van der Waals surface area contributed by atoms with Gasteiger partial charge in [-0.15, -0.1) is 0 Å². The molecule has 82 valence electrons. The minimum atomic E-state index is -3.23. The number of nitrogens with two attached hydrogens (primary N) is 1. The molecule has 2 bridgehead atoms. The van der Waals surface area contributed by atoms with Gasteiger partial charge in [-0.05, 0) is 18.3 Å². The Morgan fingerprint density at radius 3 is 2.43 bits per heavy atom. The van der Waals surface area contributed by atoms with Crippen LogP contribution in [0.4, 0.5) is 0 Å². The van der Waals surface area contributed by atoms with Gasteiger partial charge in [-0.25, -0.2) is 4.72 Å². The molecule has 3 rings (SSSR count). The summed E-state index contributed by atoms with van der Waals surface area (Å²) in [7, 11) is -3.23. The third-order valence-electron chi connectivity index (χ3n) is 3.24. The number of fused-ring (bicyclic) bond motifs is 2. The largest absolute Gasteiger partial charge is 0.327 e. The molecule has 14 heavy (non-hydrogen) atoms. The number of hydrogen-bond donors (Lipinski definition) is 2. The van der Waals surface area contributed by atoms with Gasteiger partial charge >= 0.3 is 0 Å². The molecule has 6 heteroatoms. The average Bonchev–Trinajstić information content (AvgIpc) is 2.17. The maximum Gasteiger partial charge on any atom is 0.279 e. The van der Waals surface area contributed by atoms with Crippen molar-refractivity contribution in [2.75, 3.05) is 19.6 Å². The van der Waals surface area contributed by atoms with Gasteiger partial charge in [0.05, 0.1) is 0 Å². The van der Waals surface area contributed by atoms with Crippen LogP contribution in [0.1, 0.15) is 13.3 Å². The van der Waals surface area contributed by atoms with Crippen LogP contribution < -0.4 is 10.5 Å². The molecule has 2 saturated heterocycles. The molecule has 2 heterocycles. The van der Waals surface area contributed by atoms with E-state index in [1.165, 1.54) is 4.31 Å². The van der Waals surface area contributed by atoms with Crippen LogP contribution >= 0.6 is 0 Å². The first-order valence-corrected chi connectivity index (χ1v) is 6.49. The highest BCUT2D eigenvalue weighted by Gasteiger charge is 2.47. The van der Waals surface area contributed by atoms with E-state index >= 15 is 0 Å². The molecule has 0 aromatic rings. The Kier molecular flexibility index (Phi) is 2.55. The molecule has 1 saturated carbocycles. The van der Waals surface area contributed by atoms with Gasteiger partial charge in [0.25, 0.3) is 10.2 Å². The van der Waals surface area contributed by atoms with Gasteiger partial charge in [-0.2, -0.15) is 12.7 Å². The maximum absolute atomic E-state index is 11.6. The van der Waals surface area contributed by atoms with E-state index in [1.54, 1.807) is 6.92 Å². The molecule has 3 N–H and O–H groups in total. The highest BCUT2D eigenvalue weighted by atomic mass is 32.2. The summed E-state index contributed by atoms with van der Waals surface area (Å²) < 4.78 is 27.3. The van der Waals surface area contributed by atoms with Crippen molar-refractivity contribution >= 4 is 10.2 Å². The van der Waals surface area contributed by atoms with E-state index in [9.17, 15) is 8.42 Å². The summed E-state index contributed by atoms with van der Waals surface area (Å²) in [6, 6.07) is 0.225. The van der Waals surface area contributed by atoms with Crippen LogP contribution in [0.3, 0.4) is 0 Å². The summed E-state index contributed by atoms with van der Waals surface area (Å²) in [5.74, 6) is 0.754. The van der Waals surface area contributed by atoms with E-state index in [-0.39, 0.29) is 6.04 Å². The highest BCUT2D eigenvalue weighted by Crippen LogP contribution is 2.39. The van der Waals surface area contributed by atoms with E-state index in [1.807, 2.05) is 0 Å². The Morgan fingerprint density at radius 1 is 1.43 bits per heavy atom. The van der Waals surface area contributed by atoms with Crippen molar-refractivity contribution in [3.63, 3.8) is 0 Å². The first kappa shape index (κ1) is 10.4. The molecule has 0 aromatic carbocycles. The van der Waals surface area contributed by atoms with E-state index < -0.39 is 10.2 Å². The smallest absolute Gasteiger partial charge is 0.279 e. The van der Waals surface area contributed by atoms with Crippen molar-refractivity contribution in [1.29, 1.82) is 0 Å². The standard InChI is InChI=1S/C8H17N3O2S/c1-2-10-14(12,13)11-4-6-3-7(5-11)8(6)9/h6-8,10H,2-5,9H2,1H3. The fraction of sp³-hybridized carbons (Fsp3) is 1.00. The molecule has 0 radical (unpaired) electrons. The zero-order valence-corrected chi connectivity index (χ0v) is 9.13. The van der Waals surface area contributed by atoms with Crippen molar-refractivity contribution in [3.05, 3.63) is 0 Å². The lowest BCUT2D eigenvalue weighted by Gasteiger charge is -2.51. The summed E-state index contributed by atoms with van der Waals surface area (Å²) in [5.41, 5.74) is 5.87. The Morgan fingerprint density at radius 2 is 2.00 bits per heavy atom. The third kappa shape index (κ3) is 1.56. The zero-order valence-electron chi connectivity index (χ0n) is 8.31. The summed E-state index contributed by atoms with van der Waals surface area (Å²) in [4.78, 5) is 0. The lowest BCUT2D eigenvalue weighted by molar-refractivity contribution is 0.0451. The first-order chi connectivity index (χ1) is 6.54. The van der Waals surface area contributed by atoms with Crippen LogP contribution in [0.15, 0.2) is 0 Å². The predicted octanol–water partition coefficient (Wildman–Crippen LogP) is -0.880. The fourth-order valence-corrected chi connectivity index (χ4v) is 3.68.